The Morgan fingerprint density at radius 3 is 2.47 bits per heavy atom. The summed E-state index contributed by atoms with van der Waals surface area (Å²) in [6, 6.07) is 8.42. The summed E-state index contributed by atoms with van der Waals surface area (Å²) in [4.78, 5) is 12.4. The third-order valence-corrected chi connectivity index (χ3v) is 2.56. The van der Waals surface area contributed by atoms with Crippen LogP contribution in [0.2, 0.25) is 0 Å². The number of hydrogen-bond donors (Lipinski definition) is 0. The first kappa shape index (κ1) is 15.9. The molecule has 0 amide bonds. The van der Waals surface area contributed by atoms with Gasteiger partial charge in [-0.3, -0.25) is 0 Å². The summed E-state index contributed by atoms with van der Waals surface area (Å²) in [5, 5.41) is 0. The lowest BCUT2D eigenvalue weighted by Gasteiger charge is -2.17. The van der Waals surface area contributed by atoms with Crippen molar-refractivity contribution in [1.82, 2.24) is 4.90 Å². The zero-order chi connectivity index (χ0) is 13.1. The van der Waals surface area contributed by atoms with Gasteiger partial charge in [-0.2, -0.15) is 0 Å². The SMILES string of the molecule is CC.Cc1ccccc1CN(C)CCCC=O. The Morgan fingerprint density at radius 2 is 1.88 bits per heavy atom. The predicted molar refractivity (Wildman–Crippen MR) is 74.2 cm³/mol. The van der Waals surface area contributed by atoms with Crippen molar-refractivity contribution in [2.45, 2.75) is 40.2 Å². The minimum Gasteiger partial charge on any atom is -0.303 e. The smallest absolute Gasteiger partial charge is 0.120 e. The lowest BCUT2D eigenvalue weighted by Crippen LogP contribution is -2.19. The average Bonchev–Trinajstić information content (AvgIpc) is 2.35. The molecule has 96 valence electrons. The number of unbranched alkanes of at least 4 members (excludes halogenated alkanes) is 1. The Balaban J connectivity index is 0.00000121. The second-order valence-electron chi connectivity index (χ2n) is 3.97. The van der Waals surface area contributed by atoms with Crippen molar-refractivity contribution < 1.29 is 4.79 Å². The van der Waals surface area contributed by atoms with E-state index < -0.39 is 0 Å². The van der Waals surface area contributed by atoms with E-state index in [9.17, 15) is 4.79 Å². The van der Waals surface area contributed by atoms with Crippen LogP contribution < -0.4 is 0 Å². The lowest BCUT2D eigenvalue weighted by molar-refractivity contribution is -0.108. The van der Waals surface area contributed by atoms with Gasteiger partial charge in [0.1, 0.15) is 6.29 Å². The van der Waals surface area contributed by atoms with E-state index in [-0.39, 0.29) is 0 Å². The van der Waals surface area contributed by atoms with E-state index in [1.54, 1.807) is 0 Å². The van der Waals surface area contributed by atoms with Crippen LogP contribution in [0.5, 0.6) is 0 Å². The Labute approximate surface area is 106 Å². The van der Waals surface area contributed by atoms with Gasteiger partial charge in [0.2, 0.25) is 0 Å². The molecular weight excluding hydrogens is 210 g/mol. The fourth-order valence-corrected chi connectivity index (χ4v) is 1.60. The zero-order valence-corrected chi connectivity index (χ0v) is 11.6. The molecular formula is C15H25NO. The molecule has 0 N–H and O–H groups in total. The Hall–Kier alpha value is -1.15. The van der Waals surface area contributed by atoms with Crippen molar-refractivity contribution in [2.75, 3.05) is 13.6 Å². The fourth-order valence-electron chi connectivity index (χ4n) is 1.60. The maximum atomic E-state index is 10.2. The molecule has 2 nitrogen and oxygen atoms in total. The highest BCUT2D eigenvalue weighted by molar-refractivity contribution is 5.49. The normalized spacial score (nSPS) is 9.71. The number of nitrogens with zero attached hydrogens (tertiary/aromatic N) is 1. The van der Waals surface area contributed by atoms with Crippen LogP contribution in [0.15, 0.2) is 24.3 Å². The zero-order valence-electron chi connectivity index (χ0n) is 11.6. The molecule has 0 radical (unpaired) electrons. The van der Waals surface area contributed by atoms with Gasteiger partial charge in [-0.15, -0.1) is 0 Å². The van der Waals surface area contributed by atoms with Gasteiger partial charge in [0, 0.05) is 13.0 Å². The van der Waals surface area contributed by atoms with E-state index in [1.807, 2.05) is 13.8 Å². The van der Waals surface area contributed by atoms with Crippen LogP contribution in [-0.2, 0) is 11.3 Å². The number of carbonyl (C=O) groups excluding carboxylic acids is 1. The Morgan fingerprint density at radius 1 is 1.24 bits per heavy atom. The van der Waals surface area contributed by atoms with Crippen LogP contribution in [0.4, 0.5) is 0 Å². The number of benzene rings is 1. The first-order valence-corrected chi connectivity index (χ1v) is 6.40. The van der Waals surface area contributed by atoms with E-state index in [2.05, 4.69) is 43.1 Å². The van der Waals surface area contributed by atoms with Gasteiger partial charge in [-0.05, 0) is 38.1 Å². The van der Waals surface area contributed by atoms with Crippen LogP contribution in [0.3, 0.4) is 0 Å². The predicted octanol–water partition coefficient (Wildman–Crippen LogP) is 3.43. The molecule has 0 aliphatic carbocycles. The largest absolute Gasteiger partial charge is 0.303 e. The first-order chi connectivity index (χ1) is 8.24. The van der Waals surface area contributed by atoms with Crippen LogP contribution in [0.1, 0.15) is 37.8 Å². The van der Waals surface area contributed by atoms with Crippen molar-refractivity contribution in [3.8, 4) is 0 Å². The number of aryl methyl sites for hydroxylation is 1. The van der Waals surface area contributed by atoms with Gasteiger partial charge < -0.3 is 9.69 Å². The number of aldehydes is 1. The van der Waals surface area contributed by atoms with Crippen molar-refractivity contribution in [3.63, 3.8) is 0 Å². The van der Waals surface area contributed by atoms with Gasteiger partial charge in [-0.25, -0.2) is 0 Å². The highest BCUT2D eigenvalue weighted by Crippen LogP contribution is 2.09. The highest BCUT2D eigenvalue weighted by Gasteiger charge is 2.01. The molecule has 0 aliphatic heterocycles. The van der Waals surface area contributed by atoms with E-state index >= 15 is 0 Å². The minimum atomic E-state index is 0.665. The molecule has 0 heterocycles. The van der Waals surface area contributed by atoms with E-state index in [0.717, 1.165) is 25.8 Å². The third-order valence-electron chi connectivity index (χ3n) is 2.56. The summed E-state index contributed by atoms with van der Waals surface area (Å²) in [5.74, 6) is 0. The van der Waals surface area contributed by atoms with Crippen molar-refractivity contribution >= 4 is 6.29 Å². The van der Waals surface area contributed by atoms with Gasteiger partial charge in [0.05, 0.1) is 0 Å². The Bertz CT molecular complexity index is 310. The lowest BCUT2D eigenvalue weighted by atomic mass is 10.1. The number of rotatable bonds is 6. The van der Waals surface area contributed by atoms with Gasteiger partial charge in [-0.1, -0.05) is 38.1 Å². The Kier molecular flexibility index (Phi) is 9.35. The summed E-state index contributed by atoms with van der Waals surface area (Å²) in [6.07, 6.45) is 2.60. The maximum Gasteiger partial charge on any atom is 0.120 e. The average molecular weight is 235 g/mol. The quantitative estimate of drug-likeness (QED) is 0.556. The summed E-state index contributed by atoms with van der Waals surface area (Å²) < 4.78 is 0. The summed E-state index contributed by atoms with van der Waals surface area (Å²) >= 11 is 0. The number of carbonyl (C=O) groups is 1. The minimum absolute atomic E-state index is 0.665. The van der Waals surface area contributed by atoms with Gasteiger partial charge in [0.25, 0.3) is 0 Å². The van der Waals surface area contributed by atoms with E-state index in [0.29, 0.717) is 6.42 Å². The molecule has 0 spiro atoms. The fraction of sp³-hybridized carbons (Fsp3) is 0.533. The van der Waals surface area contributed by atoms with Crippen LogP contribution in [0, 0.1) is 6.92 Å². The van der Waals surface area contributed by atoms with E-state index in [4.69, 9.17) is 0 Å². The van der Waals surface area contributed by atoms with Crippen LogP contribution in [0.25, 0.3) is 0 Å². The molecule has 0 aromatic heterocycles. The van der Waals surface area contributed by atoms with Gasteiger partial charge >= 0.3 is 0 Å². The molecule has 0 unspecified atom stereocenters. The molecule has 1 aromatic rings. The summed E-state index contributed by atoms with van der Waals surface area (Å²) in [5.41, 5.74) is 2.70. The maximum absolute atomic E-state index is 10.2. The molecule has 0 aliphatic rings. The van der Waals surface area contributed by atoms with Crippen molar-refractivity contribution in [1.29, 1.82) is 0 Å². The first-order valence-electron chi connectivity index (χ1n) is 6.40. The van der Waals surface area contributed by atoms with Crippen molar-refractivity contribution in [3.05, 3.63) is 35.4 Å². The summed E-state index contributed by atoms with van der Waals surface area (Å²) in [6.45, 7) is 8.08. The van der Waals surface area contributed by atoms with Crippen LogP contribution >= 0.6 is 0 Å². The van der Waals surface area contributed by atoms with Crippen LogP contribution in [-0.4, -0.2) is 24.8 Å². The third kappa shape index (κ3) is 6.90. The topological polar surface area (TPSA) is 20.3 Å². The second kappa shape index (κ2) is 10.0. The monoisotopic (exact) mass is 235 g/mol. The molecule has 0 saturated heterocycles. The van der Waals surface area contributed by atoms with E-state index in [1.165, 1.54) is 11.1 Å². The van der Waals surface area contributed by atoms with Crippen molar-refractivity contribution in [2.24, 2.45) is 0 Å². The molecule has 0 fully saturated rings. The second-order valence-corrected chi connectivity index (χ2v) is 3.97. The number of hydrogen-bond acceptors (Lipinski definition) is 2. The van der Waals surface area contributed by atoms with Gasteiger partial charge in [0.15, 0.2) is 0 Å². The molecule has 2 heteroatoms. The standard InChI is InChI=1S/C13H19NO.C2H6/c1-12-7-3-4-8-13(12)11-14(2)9-5-6-10-15;1-2/h3-4,7-8,10H,5-6,9,11H2,1-2H3;1-2H3. The highest BCUT2D eigenvalue weighted by atomic mass is 16.1. The molecule has 1 rings (SSSR count). The molecule has 1 aromatic carbocycles. The molecule has 0 saturated carbocycles. The molecule has 0 atom stereocenters. The molecule has 17 heavy (non-hydrogen) atoms. The summed E-state index contributed by atoms with van der Waals surface area (Å²) in [7, 11) is 2.09. The molecule has 0 bridgehead atoms.